The molecule has 0 unspecified atom stereocenters. The number of nitro groups is 1. The lowest BCUT2D eigenvalue weighted by Crippen LogP contribution is -2.01. The summed E-state index contributed by atoms with van der Waals surface area (Å²) in [5.74, 6) is 0. The van der Waals surface area contributed by atoms with Crippen molar-refractivity contribution < 1.29 is 9.45 Å². The molecule has 0 saturated heterocycles. The van der Waals surface area contributed by atoms with Gasteiger partial charge in [-0.3, -0.25) is 10.1 Å². The van der Waals surface area contributed by atoms with E-state index in [9.17, 15) is 14.9 Å². The van der Waals surface area contributed by atoms with Crippen LogP contribution >= 0.6 is 15.9 Å². The maximum Gasteiger partial charge on any atom is 0.365 e. The molecule has 7 heteroatoms. The Morgan fingerprint density at radius 1 is 1.47 bits per heavy atom. The van der Waals surface area contributed by atoms with E-state index in [1.54, 1.807) is 13.8 Å². The normalized spacial score (nSPS) is 11.3. The molecule has 0 aliphatic rings. The summed E-state index contributed by atoms with van der Waals surface area (Å²) in [6.07, 6.45) is 0. The van der Waals surface area contributed by atoms with Crippen LogP contribution in [-0.4, -0.2) is 9.66 Å². The highest BCUT2D eigenvalue weighted by Crippen LogP contribution is 2.30. The largest absolute Gasteiger partial charge is 0.365 e. The molecule has 0 radical (unpaired) electrons. The summed E-state index contributed by atoms with van der Waals surface area (Å²) in [5.41, 5.74) is -0.495. The molecule has 1 aromatic carbocycles. The molecular formula is C10H9BrN2O4. The number of hydrogen-bond acceptors (Lipinski definition) is 4. The second-order valence-corrected chi connectivity index (χ2v) is 4.79. The van der Waals surface area contributed by atoms with Gasteiger partial charge in [0.15, 0.2) is 5.52 Å². The molecule has 0 aliphatic carbocycles. The average molecular weight is 301 g/mol. The summed E-state index contributed by atoms with van der Waals surface area (Å²) in [7, 11) is 0. The van der Waals surface area contributed by atoms with E-state index in [4.69, 9.17) is 4.52 Å². The zero-order valence-corrected chi connectivity index (χ0v) is 10.7. The molecule has 2 aromatic rings. The van der Waals surface area contributed by atoms with Gasteiger partial charge in [0.1, 0.15) is 0 Å². The van der Waals surface area contributed by atoms with Gasteiger partial charge in [-0.25, -0.2) is 4.79 Å². The van der Waals surface area contributed by atoms with Crippen molar-refractivity contribution in [2.75, 3.05) is 0 Å². The molecule has 0 N–H and O–H groups in total. The van der Waals surface area contributed by atoms with E-state index >= 15 is 0 Å². The van der Waals surface area contributed by atoms with Crippen LogP contribution in [-0.2, 0) is 0 Å². The maximum absolute atomic E-state index is 11.6. The van der Waals surface area contributed by atoms with Crippen molar-refractivity contribution in [3.63, 3.8) is 0 Å². The summed E-state index contributed by atoms with van der Waals surface area (Å²) in [6, 6.07) is 2.71. The third-order valence-corrected chi connectivity index (χ3v) is 2.80. The van der Waals surface area contributed by atoms with Crippen molar-refractivity contribution in [1.29, 1.82) is 0 Å². The first kappa shape index (κ1) is 11.8. The zero-order valence-electron chi connectivity index (χ0n) is 9.14. The van der Waals surface area contributed by atoms with Crippen LogP contribution in [0, 0.1) is 10.1 Å². The highest BCUT2D eigenvalue weighted by molar-refractivity contribution is 9.10. The van der Waals surface area contributed by atoms with Crippen LogP contribution in [0.15, 0.2) is 25.9 Å². The maximum atomic E-state index is 11.6. The lowest BCUT2D eigenvalue weighted by Gasteiger charge is -2.05. The first-order valence-electron chi connectivity index (χ1n) is 4.91. The van der Waals surface area contributed by atoms with Gasteiger partial charge in [0, 0.05) is 10.5 Å². The van der Waals surface area contributed by atoms with Crippen LogP contribution in [0.4, 0.5) is 5.69 Å². The van der Waals surface area contributed by atoms with Crippen molar-refractivity contribution in [1.82, 2.24) is 4.74 Å². The molecule has 0 amide bonds. The van der Waals surface area contributed by atoms with E-state index in [0.29, 0.717) is 4.47 Å². The highest BCUT2D eigenvalue weighted by atomic mass is 79.9. The van der Waals surface area contributed by atoms with Crippen molar-refractivity contribution in [2.45, 2.75) is 19.9 Å². The van der Waals surface area contributed by atoms with Crippen LogP contribution < -0.4 is 5.63 Å². The number of aromatic nitrogens is 1. The Hall–Kier alpha value is -1.63. The van der Waals surface area contributed by atoms with E-state index in [1.165, 1.54) is 16.9 Å². The number of nitro benzene ring substituents is 1. The minimum Gasteiger partial charge on any atom is -0.335 e. The minimum absolute atomic E-state index is 0.145. The number of fused-ring (bicyclic) bond motifs is 1. The molecule has 1 aromatic heterocycles. The second kappa shape index (κ2) is 3.99. The predicted molar refractivity (Wildman–Crippen MR) is 65.2 cm³/mol. The van der Waals surface area contributed by atoms with E-state index in [2.05, 4.69) is 15.9 Å². The van der Waals surface area contributed by atoms with Gasteiger partial charge in [-0.1, -0.05) is 15.9 Å². The van der Waals surface area contributed by atoms with Crippen LogP contribution in [0.2, 0.25) is 0 Å². The molecule has 0 bridgehead atoms. The number of halogens is 1. The minimum atomic E-state index is -0.571. The smallest absolute Gasteiger partial charge is 0.335 e. The lowest BCUT2D eigenvalue weighted by atomic mass is 10.2. The number of nitrogens with zero attached hydrogens (tertiary/aromatic N) is 2. The fraction of sp³-hybridized carbons (Fsp3) is 0.300. The summed E-state index contributed by atoms with van der Waals surface area (Å²) in [6.45, 7) is 3.57. The molecule has 0 aliphatic heterocycles. The van der Waals surface area contributed by atoms with E-state index in [-0.39, 0.29) is 22.6 Å². The van der Waals surface area contributed by atoms with Crippen LogP contribution in [0.25, 0.3) is 10.9 Å². The first-order valence-corrected chi connectivity index (χ1v) is 5.70. The second-order valence-electron chi connectivity index (χ2n) is 3.88. The monoisotopic (exact) mass is 300 g/mol. The highest BCUT2D eigenvalue weighted by Gasteiger charge is 2.23. The molecule has 1 heterocycles. The molecule has 0 saturated carbocycles. The van der Waals surface area contributed by atoms with Gasteiger partial charge in [0.05, 0.1) is 16.4 Å². The summed E-state index contributed by atoms with van der Waals surface area (Å²) in [5, 5.41) is 11.2. The summed E-state index contributed by atoms with van der Waals surface area (Å²) in [4.78, 5) is 22.1. The van der Waals surface area contributed by atoms with Crippen molar-refractivity contribution in [3.05, 3.63) is 37.1 Å². The molecule has 0 atom stereocenters. The fourth-order valence-corrected chi connectivity index (χ4v) is 2.10. The fourth-order valence-electron chi connectivity index (χ4n) is 1.66. The topological polar surface area (TPSA) is 78.3 Å². The summed E-state index contributed by atoms with van der Waals surface area (Å²) >= 11 is 3.14. The third-order valence-electron chi connectivity index (χ3n) is 2.34. The summed E-state index contributed by atoms with van der Waals surface area (Å²) < 4.78 is 6.75. The Balaban J connectivity index is 2.98. The third kappa shape index (κ3) is 1.86. The van der Waals surface area contributed by atoms with Gasteiger partial charge in [0.25, 0.3) is 5.69 Å². The number of non-ortho nitro benzene ring substituents is 1. The Kier molecular flexibility index (Phi) is 2.78. The average Bonchev–Trinajstić information content (AvgIpc) is 2.55. The van der Waals surface area contributed by atoms with Gasteiger partial charge in [0.2, 0.25) is 0 Å². The lowest BCUT2D eigenvalue weighted by molar-refractivity contribution is -0.383. The Morgan fingerprint density at radius 2 is 2.12 bits per heavy atom. The van der Waals surface area contributed by atoms with Crippen molar-refractivity contribution >= 4 is 32.5 Å². The first-order chi connectivity index (χ1) is 7.91. The van der Waals surface area contributed by atoms with Gasteiger partial charge in [-0.15, -0.1) is 0 Å². The van der Waals surface area contributed by atoms with Crippen LogP contribution in [0.3, 0.4) is 0 Å². The standard InChI is InChI=1S/C10H9BrN2O4/c1-5(2)12-9-7(10(14)17-12)3-6(11)4-8(9)13(15)16/h3-5H,1-2H3. The molecular weight excluding hydrogens is 292 g/mol. The quantitative estimate of drug-likeness (QED) is 0.631. The number of benzene rings is 1. The number of hydrogen-bond donors (Lipinski definition) is 0. The predicted octanol–water partition coefficient (Wildman–Crippen LogP) is 2.85. The molecule has 90 valence electrons. The Labute approximate surface area is 104 Å². The van der Waals surface area contributed by atoms with Gasteiger partial charge in [-0.2, -0.15) is 4.74 Å². The SMILES string of the molecule is CC(C)n1oc(=O)c2cc(Br)cc([N+](=O)[O-])c21. The van der Waals surface area contributed by atoms with Crippen molar-refractivity contribution in [3.8, 4) is 0 Å². The van der Waals surface area contributed by atoms with E-state index in [0.717, 1.165) is 0 Å². The Morgan fingerprint density at radius 3 is 2.65 bits per heavy atom. The molecule has 6 nitrogen and oxygen atoms in total. The molecule has 0 spiro atoms. The van der Waals surface area contributed by atoms with Gasteiger partial charge in [-0.05, 0) is 19.9 Å². The van der Waals surface area contributed by atoms with E-state index in [1.807, 2.05) is 0 Å². The van der Waals surface area contributed by atoms with Crippen LogP contribution in [0.1, 0.15) is 19.9 Å². The number of rotatable bonds is 2. The van der Waals surface area contributed by atoms with Gasteiger partial charge >= 0.3 is 5.63 Å². The zero-order chi connectivity index (χ0) is 12.7. The Bertz CT molecular complexity index is 656. The molecule has 0 fully saturated rings. The van der Waals surface area contributed by atoms with E-state index < -0.39 is 10.5 Å². The van der Waals surface area contributed by atoms with Crippen LogP contribution in [0.5, 0.6) is 0 Å². The van der Waals surface area contributed by atoms with Crippen molar-refractivity contribution in [2.24, 2.45) is 0 Å². The van der Waals surface area contributed by atoms with Gasteiger partial charge < -0.3 is 4.52 Å². The molecule has 17 heavy (non-hydrogen) atoms. The molecule has 2 rings (SSSR count).